The molecule has 0 fully saturated rings. The highest BCUT2D eigenvalue weighted by atomic mass is 32.1. The average Bonchev–Trinajstić information content (AvgIpc) is 3.62. The van der Waals surface area contributed by atoms with Gasteiger partial charge in [0.25, 0.3) is 5.56 Å². The van der Waals surface area contributed by atoms with Crippen LogP contribution < -0.4 is 19.6 Å². The van der Waals surface area contributed by atoms with Gasteiger partial charge in [0.05, 0.1) is 47.4 Å². The molecule has 0 saturated heterocycles. The van der Waals surface area contributed by atoms with Crippen molar-refractivity contribution >= 4 is 23.4 Å². The van der Waals surface area contributed by atoms with E-state index in [2.05, 4.69) is 15.3 Å². The van der Waals surface area contributed by atoms with E-state index in [9.17, 15) is 9.59 Å². The number of fused-ring (bicyclic) bond motifs is 1. The molecule has 0 N–H and O–H groups in total. The van der Waals surface area contributed by atoms with Crippen LogP contribution in [0.4, 0.5) is 0 Å². The molecule has 6 rings (SSSR count). The standard InChI is InChI=1S/C32H27N5O4S/c1-4-41-31(39)28-20(2)33-32-37(29(28)23-10-6-5-7-11-23)30(38)27(42-32)18-21-9-8-12-24(17-21)36-19-26(34-35-36)22-13-15-25(40-3)16-14-22/h5-19,29H,4H2,1-3H3/b27-18-. The first-order valence-corrected chi connectivity index (χ1v) is 14.2. The van der Waals surface area contributed by atoms with Crippen molar-refractivity contribution in [2.24, 2.45) is 4.99 Å². The first-order valence-electron chi connectivity index (χ1n) is 13.4. The lowest BCUT2D eigenvalue weighted by Gasteiger charge is -2.24. The summed E-state index contributed by atoms with van der Waals surface area (Å²) in [5.41, 5.74) is 4.75. The predicted molar refractivity (Wildman–Crippen MR) is 160 cm³/mol. The maximum absolute atomic E-state index is 13.9. The highest BCUT2D eigenvalue weighted by molar-refractivity contribution is 7.07. The molecule has 0 saturated carbocycles. The number of aromatic nitrogens is 4. The fourth-order valence-electron chi connectivity index (χ4n) is 4.93. The molecule has 3 heterocycles. The lowest BCUT2D eigenvalue weighted by atomic mass is 9.96. The number of hydrogen-bond acceptors (Lipinski definition) is 8. The van der Waals surface area contributed by atoms with Gasteiger partial charge in [-0.25, -0.2) is 14.5 Å². The summed E-state index contributed by atoms with van der Waals surface area (Å²) in [4.78, 5) is 32.1. The molecule has 1 aliphatic rings. The fourth-order valence-corrected chi connectivity index (χ4v) is 5.98. The molecule has 0 radical (unpaired) electrons. The second kappa shape index (κ2) is 11.4. The molecule has 42 heavy (non-hydrogen) atoms. The topological polar surface area (TPSA) is 101 Å². The highest BCUT2D eigenvalue weighted by Crippen LogP contribution is 2.30. The van der Waals surface area contributed by atoms with Crippen LogP contribution in [0, 0.1) is 0 Å². The van der Waals surface area contributed by atoms with Crippen molar-refractivity contribution in [1.82, 2.24) is 19.6 Å². The molecule has 2 aromatic heterocycles. The molecule has 0 aliphatic carbocycles. The predicted octanol–water partition coefficient (Wildman–Crippen LogP) is 4.05. The van der Waals surface area contributed by atoms with Crippen LogP contribution in [0.2, 0.25) is 0 Å². The molecular formula is C32H27N5O4S. The number of nitrogens with zero attached hydrogens (tertiary/aromatic N) is 5. The van der Waals surface area contributed by atoms with Crippen molar-refractivity contribution in [1.29, 1.82) is 0 Å². The minimum Gasteiger partial charge on any atom is -0.497 e. The number of esters is 1. The van der Waals surface area contributed by atoms with E-state index in [0.717, 1.165) is 33.8 Å². The lowest BCUT2D eigenvalue weighted by molar-refractivity contribution is -0.139. The van der Waals surface area contributed by atoms with Crippen LogP contribution in [0.3, 0.4) is 0 Å². The molecule has 9 nitrogen and oxygen atoms in total. The quantitative estimate of drug-likeness (QED) is 0.271. The third-order valence-electron chi connectivity index (χ3n) is 6.94. The van der Waals surface area contributed by atoms with E-state index in [4.69, 9.17) is 9.47 Å². The van der Waals surface area contributed by atoms with Crippen LogP contribution in [0.1, 0.15) is 31.0 Å². The number of hydrogen-bond donors (Lipinski definition) is 0. The zero-order valence-electron chi connectivity index (χ0n) is 23.2. The number of benzene rings is 3. The summed E-state index contributed by atoms with van der Waals surface area (Å²) in [5, 5.41) is 8.63. The molecular weight excluding hydrogens is 550 g/mol. The third-order valence-corrected chi connectivity index (χ3v) is 7.93. The fraction of sp³-hybridized carbons (Fsp3) is 0.156. The Hall–Kier alpha value is -5.09. The Labute approximate surface area is 245 Å². The van der Waals surface area contributed by atoms with Crippen molar-refractivity contribution in [2.75, 3.05) is 13.7 Å². The van der Waals surface area contributed by atoms with Crippen molar-refractivity contribution < 1.29 is 14.3 Å². The summed E-state index contributed by atoms with van der Waals surface area (Å²) < 4.78 is 14.4. The van der Waals surface area contributed by atoms with Crippen LogP contribution in [0.5, 0.6) is 5.75 Å². The van der Waals surface area contributed by atoms with Gasteiger partial charge in [-0.2, -0.15) is 0 Å². The Morgan fingerprint density at radius 2 is 1.83 bits per heavy atom. The van der Waals surface area contributed by atoms with Crippen LogP contribution in [0.15, 0.2) is 106 Å². The molecule has 10 heteroatoms. The molecule has 1 unspecified atom stereocenters. The second-order valence-electron chi connectivity index (χ2n) is 9.58. The van der Waals surface area contributed by atoms with Gasteiger partial charge in [0, 0.05) is 5.56 Å². The number of carbonyl (C=O) groups excluding carboxylic acids is 1. The molecule has 0 spiro atoms. The smallest absolute Gasteiger partial charge is 0.338 e. The first-order chi connectivity index (χ1) is 20.5. The van der Waals surface area contributed by atoms with Crippen molar-refractivity contribution in [3.05, 3.63) is 127 Å². The van der Waals surface area contributed by atoms with Gasteiger partial charge in [0.2, 0.25) is 0 Å². The third kappa shape index (κ3) is 5.08. The van der Waals surface area contributed by atoms with E-state index in [0.29, 0.717) is 20.6 Å². The Bertz CT molecular complexity index is 1990. The molecule has 3 aromatic carbocycles. The van der Waals surface area contributed by atoms with E-state index in [-0.39, 0.29) is 12.2 Å². The van der Waals surface area contributed by atoms with Crippen molar-refractivity contribution in [3.63, 3.8) is 0 Å². The lowest BCUT2D eigenvalue weighted by Crippen LogP contribution is -2.39. The van der Waals surface area contributed by atoms with Crippen LogP contribution in [-0.2, 0) is 9.53 Å². The maximum Gasteiger partial charge on any atom is 0.338 e. The van der Waals surface area contributed by atoms with Gasteiger partial charge in [-0.1, -0.05) is 59.0 Å². The number of thiazole rings is 1. The molecule has 0 bridgehead atoms. The number of carbonyl (C=O) groups is 1. The van der Waals surface area contributed by atoms with Crippen molar-refractivity contribution in [2.45, 2.75) is 19.9 Å². The second-order valence-corrected chi connectivity index (χ2v) is 10.6. The zero-order chi connectivity index (χ0) is 29.2. The van der Waals surface area contributed by atoms with Crippen LogP contribution >= 0.6 is 11.3 Å². The zero-order valence-corrected chi connectivity index (χ0v) is 24.0. The summed E-state index contributed by atoms with van der Waals surface area (Å²) in [6.45, 7) is 3.76. The summed E-state index contributed by atoms with van der Waals surface area (Å²) in [5.74, 6) is 0.294. The Morgan fingerprint density at radius 1 is 1.05 bits per heavy atom. The maximum atomic E-state index is 13.9. The van der Waals surface area contributed by atoms with E-state index < -0.39 is 12.0 Å². The Morgan fingerprint density at radius 3 is 2.57 bits per heavy atom. The molecule has 5 aromatic rings. The van der Waals surface area contributed by atoms with E-state index in [1.807, 2.05) is 91.1 Å². The molecule has 1 atom stereocenters. The minimum atomic E-state index is -0.637. The molecule has 0 amide bonds. The Kier molecular flexibility index (Phi) is 7.37. The van der Waals surface area contributed by atoms with Gasteiger partial charge < -0.3 is 9.47 Å². The van der Waals surface area contributed by atoms with E-state index >= 15 is 0 Å². The summed E-state index contributed by atoms with van der Waals surface area (Å²) in [6.07, 6.45) is 3.69. The van der Waals surface area contributed by atoms with Gasteiger partial charge in [-0.3, -0.25) is 9.36 Å². The van der Waals surface area contributed by atoms with Gasteiger partial charge >= 0.3 is 5.97 Å². The van der Waals surface area contributed by atoms with Gasteiger partial charge in [0.1, 0.15) is 11.4 Å². The number of rotatable bonds is 7. The SMILES string of the molecule is CCOC(=O)C1=C(C)N=c2s/c(=C\c3cccc(-n4cc(-c5ccc(OC)cc5)nn4)c3)c(=O)n2C1c1ccccc1. The van der Waals surface area contributed by atoms with E-state index in [1.54, 1.807) is 30.2 Å². The van der Waals surface area contributed by atoms with Gasteiger partial charge in [-0.15, -0.1) is 5.10 Å². The minimum absolute atomic E-state index is 0.227. The largest absolute Gasteiger partial charge is 0.497 e. The monoisotopic (exact) mass is 577 g/mol. The first kappa shape index (κ1) is 27.1. The molecule has 1 aliphatic heterocycles. The normalized spacial score (nSPS) is 14.8. The van der Waals surface area contributed by atoms with E-state index in [1.165, 1.54) is 11.3 Å². The summed E-state index contributed by atoms with van der Waals surface area (Å²) in [6, 6.07) is 24.2. The number of ether oxygens (including phenoxy) is 2. The van der Waals surface area contributed by atoms with Gasteiger partial charge in [0.15, 0.2) is 4.80 Å². The Balaban J connectivity index is 1.39. The van der Waals surface area contributed by atoms with Gasteiger partial charge in [-0.05, 0) is 67.4 Å². The summed E-state index contributed by atoms with van der Waals surface area (Å²) >= 11 is 1.29. The van der Waals surface area contributed by atoms with Crippen LogP contribution in [-0.4, -0.2) is 39.2 Å². The van der Waals surface area contributed by atoms with Crippen molar-refractivity contribution in [3.8, 4) is 22.7 Å². The summed E-state index contributed by atoms with van der Waals surface area (Å²) in [7, 11) is 1.63. The molecule has 210 valence electrons. The van der Waals surface area contributed by atoms with Crippen LogP contribution in [0.25, 0.3) is 23.0 Å². The highest BCUT2D eigenvalue weighted by Gasteiger charge is 2.33. The number of allylic oxidation sites excluding steroid dienone is 1. The number of methoxy groups -OCH3 is 1. The average molecular weight is 578 g/mol.